The minimum absolute atomic E-state index is 0.103. The van der Waals surface area contributed by atoms with E-state index >= 15 is 0 Å². The third kappa shape index (κ3) is 4.74. The molecule has 1 aliphatic rings. The first-order chi connectivity index (χ1) is 7.77. The summed E-state index contributed by atoms with van der Waals surface area (Å²) >= 11 is 1.94. The molecule has 0 unspecified atom stereocenters. The molecule has 4 heteroatoms. The normalized spacial score (nSPS) is 16.9. The Morgan fingerprint density at radius 3 is 2.69 bits per heavy atom. The largest absolute Gasteiger partial charge is 0.468 e. The molecule has 0 bridgehead atoms. The molecular formula is C12H23NO2S. The third-order valence-electron chi connectivity index (χ3n) is 3.13. The molecule has 0 spiro atoms. The van der Waals surface area contributed by atoms with Crippen LogP contribution in [0.15, 0.2) is 0 Å². The van der Waals surface area contributed by atoms with Crippen LogP contribution in [-0.4, -0.2) is 48.6 Å². The molecule has 16 heavy (non-hydrogen) atoms. The number of carbonyl (C=O) groups excluding carboxylic acids is 1. The highest BCUT2D eigenvalue weighted by molar-refractivity contribution is 7.99. The molecule has 1 aliphatic carbocycles. The van der Waals surface area contributed by atoms with Gasteiger partial charge in [0, 0.05) is 18.3 Å². The number of methoxy groups -OCH3 is 1. The number of rotatable bonds is 7. The van der Waals surface area contributed by atoms with Crippen LogP contribution in [0.4, 0.5) is 0 Å². The maximum Gasteiger partial charge on any atom is 0.319 e. The van der Waals surface area contributed by atoms with E-state index in [9.17, 15) is 4.79 Å². The van der Waals surface area contributed by atoms with Crippen molar-refractivity contribution < 1.29 is 9.53 Å². The lowest BCUT2D eigenvalue weighted by Crippen LogP contribution is -2.39. The molecule has 1 saturated carbocycles. The number of esters is 1. The first-order valence-electron chi connectivity index (χ1n) is 6.16. The summed E-state index contributed by atoms with van der Waals surface area (Å²) in [5.41, 5.74) is 0. The molecule has 1 rings (SSSR count). The predicted molar refractivity (Wildman–Crippen MR) is 68.8 cm³/mol. The lowest BCUT2D eigenvalue weighted by Gasteiger charge is -2.27. The Morgan fingerprint density at radius 1 is 1.44 bits per heavy atom. The van der Waals surface area contributed by atoms with Gasteiger partial charge in [-0.25, -0.2) is 0 Å². The molecule has 0 heterocycles. The average molecular weight is 245 g/mol. The molecule has 0 amide bonds. The summed E-state index contributed by atoms with van der Waals surface area (Å²) in [6.07, 6.45) is 5.11. The van der Waals surface area contributed by atoms with Crippen LogP contribution in [-0.2, 0) is 9.53 Å². The minimum atomic E-state index is -0.103. The summed E-state index contributed by atoms with van der Waals surface area (Å²) in [6, 6.07) is 0.608. The zero-order chi connectivity index (χ0) is 11.8. The Morgan fingerprint density at radius 2 is 2.12 bits per heavy atom. The Kier molecular flexibility index (Phi) is 6.88. The quantitative estimate of drug-likeness (QED) is 0.508. The summed E-state index contributed by atoms with van der Waals surface area (Å²) in [4.78, 5) is 13.6. The standard InChI is InChI=1S/C12H23NO2S/c1-3-16-9-8-13(10-12(14)15-2)11-6-4-5-7-11/h11H,3-10H2,1-2H3. The first kappa shape index (κ1) is 13.8. The van der Waals surface area contributed by atoms with Crippen LogP contribution in [0.25, 0.3) is 0 Å². The number of carbonyl (C=O) groups is 1. The topological polar surface area (TPSA) is 29.5 Å². The molecular weight excluding hydrogens is 222 g/mol. The fraction of sp³-hybridized carbons (Fsp3) is 0.917. The number of hydrogen-bond donors (Lipinski definition) is 0. The van der Waals surface area contributed by atoms with Gasteiger partial charge in [-0.2, -0.15) is 11.8 Å². The number of hydrogen-bond acceptors (Lipinski definition) is 4. The second-order valence-electron chi connectivity index (χ2n) is 4.18. The smallest absolute Gasteiger partial charge is 0.319 e. The Hall–Kier alpha value is -0.220. The maximum atomic E-state index is 11.3. The highest BCUT2D eigenvalue weighted by Crippen LogP contribution is 2.23. The van der Waals surface area contributed by atoms with Crippen LogP contribution in [0, 0.1) is 0 Å². The number of nitrogens with zero attached hydrogens (tertiary/aromatic N) is 1. The molecule has 3 nitrogen and oxygen atoms in total. The van der Waals surface area contributed by atoms with E-state index in [4.69, 9.17) is 4.74 Å². The molecule has 0 saturated heterocycles. The fourth-order valence-corrected chi connectivity index (χ4v) is 2.87. The van der Waals surface area contributed by atoms with Gasteiger partial charge in [0.05, 0.1) is 13.7 Å². The molecule has 0 aromatic rings. The van der Waals surface area contributed by atoms with Crippen molar-refractivity contribution in [3.63, 3.8) is 0 Å². The number of thioether (sulfide) groups is 1. The van der Waals surface area contributed by atoms with Gasteiger partial charge in [-0.3, -0.25) is 9.69 Å². The van der Waals surface area contributed by atoms with Crippen molar-refractivity contribution in [2.45, 2.75) is 38.6 Å². The molecule has 0 aliphatic heterocycles. The van der Waals surface area contributed by atoms with Crippen molar-refractivity contribution >= 4 is 17.7 Å². The third-order valence-corrected chi connectivity index (χ3v) is 4.01. The molecule has 94 valence electrons. The fourth-order valence-electron chi connectivity index (χ4n) is 2.22. The Bertz CT molecular complexity index is 205. The Labute approximate surface area is 103 Å². The van der Waals surface area contributed by atoms with E-state index in [1.54, 1.807) is 0 Å². The summed E-state index contributed by atoms with van der Waals surface area (Å²) in [7, 11) is 1.47. The van der Waals surface area contributed by atoms with Crippen LogP contribution in [0.1, 0.15) is 32.6 Å². The van der Waals surface area contributed by atoms with E-state index in [1.165, 1.54) is 32.8 Å². The van der Waals surface area contributed by atoms with Gasteiger partial charge < -0.3 is 4.74 Å². The first-order valence-corrected chi connectivity index (χ1v) is 7.32. The van der Waals surface area contributed by atoms with Crippen molar-refractivity contribution in [2.75, 3.05) is 31.7 Å². The van der Waals surface area contributed by atoms with Gasteiger partial charge >= 0.3 is 5.97 Å². The van der Waals surface area contributed by atoms with E-state index in [0.29, 0.717) is 12.6 Å². The van der Waals surface area contributed by atoms with Gasteiger partial charge in [0.1, 0.15) is 0 Å². The number of ether oxygens (including phenoxy) is 1. The summed E-state index contributed by atoms with van der Waals surface area (Å²) in [5, 5.41) is 0. The van der Waals surface area contributed by atoms with Crippen LogP contribution in [0.2, 0.25) is 0 Å². The van der Waals surface area contributed by atoms with Gasteiger partial charge in [-0.1, -0.05) is 19.8 Å². The van der Waals surface area contributed by atoms with Gasteiger partial charge in [0.2, 0.25) is 0 Å². The monoisotopic (exact) mass is 245 g/mol. The highest BCUT2D eigenvalue weighted by atomic mass is 32.2. The maximum absolute atomic E-state index is 11.3. The summed E-state index contributed by atoms with van der Waals surface area (Å²) < 4.78 is 4.76. The molecule has 0 aromatic heterocycles. The highest BCUT2D eigenvalue weighted by Gasteiger charge is 2.24. The van der Waals surface area contributed by atoms with Gasteiger partial charge in [0.15, 0.2) is 0 Å². The molecule has 0 aromatic carbocycles. The second-order valence-corrected chi connectivity index (χ2v) is 5.58. The van der Waals surface area contributed by atoms with Crippen molar-refractivity contribution in [2.24, 2.45) is 0 Å². The molecule has 0 atom stereocenters. The average Bonchev–Trinajstić information content (AvgIpc) is 2.81. The zero-order valence-corrected chi connectivity index (χ0v) is 11.2. The van der Waals surface area contributed by atoms with Gasteiger partial charge in [0.25, 0.3) is 0 Å². The Balaban J connectivity index is 2.36. The van der Waals surface area contributed by atoms with E-state index in [-0.39, 0.29) is 5.97 Å². The second kappa shape index (κ2) is 7.96. The van der Waals surface area contributed by atoms with E-state index in [2.05, 4.69) is 11.8 Å². The van der Waals surface area contributed by atoms with Crippen molar-refractivity contribution in [1.29, 1.82) is 0 Å². The SMILES string of the molecule is CCSCCN(CC(=O)OC)C1CCCC1. The van der Waals surface area contributed by atoms with Gasteiger partial charge in [-0.05, 0) is 18.6 Å². The van der Waals surface area contributed by atoms with Crippen LogP contribution < -0.4 is 0 Å². The van der Waals surface area contributed by atoms with E-state index < -0.39 is 0 Å². The van der Waals surface area contributed by atoms with Gasteiger partial charge in [-0.15, -0.1) is 0 Å². The zero-order valence-electron chi connectivity index (χ0n) is 10.4. The van der Waals surface area contributed by atoms with E-state index in [1.807, 2.05) is 11.8 Å². The minimum Gasteiger partial charge on any atom is -0.468 e. The predicted octanol–water partition coefficient (Wildman–Crippen LogP) is 2.16. The van der Waals surface area contributed by atoms with Crippen molar-refractivity contribution in [3.05, 3.63) is 0 Å². The van der Waals surface area contributed by atoms with Crippen molar-refractivity contribution in [3.8, 4) is 0 Å². The molecule has 0 N–H and O–H groups in total. The molecule has 0 radical (unpaired) electrons. The summed E-state index contributed by atoms with van der Waals surface area (Å²) in [6.45, 7) is 3.65. The van der Waals surface area contributed by atoms with Crippen LogP contribution in [0.5, 0.6) is 0 Å². The molecule has 1 fully saturated rings. The van der Waals surface area contributed by atoms with Crippen LogP contribution >= 0.6 is 11.8 Å². The lowest BCUT2D eigenvalue weighted by atomic mass is 10.2. The summed E-state index contributed by atoms with van der Waals surface area (Å²) in [5.74, 6) is 2.16. The van der Waals surface area contributed by atoms with Crippen LogP contribution in [0.3, 0.4) is 0 Å². The lowest BCUT2D eigenvalue weighted by molar-refractivity contribution is -0.142. The van der Waals surface area contributed by atoms with Crippen molar-refractivity contribution in [1.82, 2.24) is 4.90 Å². The van der Waals surface area contributed by atoms with E-state index in [0.717, 1.165) is 18.1 Å².